The van der Waals surface area contributed by atoms with Crippen molar-refractivity contribution in [3.63, 3.8) is 0 Å². The van der Waals surface area contributed by atoms with Crippen molar-refractivity contribution in [2.24, 2.45) is 0 Å². The van der Waals surface area contributed by atoms with Crippen LogP contribution in [0.2, 0.25) is 0 Å². The lowest BCUT2D eigenvalue weighted by atomic mass is 10.0. The van der Waals surface area contributed by atoms with E-state index in [9.17, 15) is 4.79 Å². The highest BCUT2D eigenvalue weighted by molar-refractivity contribution is 5.85. The molecule has 1 unspecified atom stereocenters. The number of halogens is 1. The minimum absolute atomic E-state index is 0. The lowest BCUT2D eigenvalue weighted by molar-refractivity contribution is -0.133. The molecule has 2 heterocycles. The van der Waals surface area contributed by atoms with Gasteiger partial charge in [-0.3, -0.25) is 9.78 Å². The molecular weight excluding hydrogens is 326 g/mol. The van der Waals surface area contributed by atoms with Gasteiger partial charge in [-0.05, 0) is 29.3 Å². The van der Waals surface area contributed by atoms with Crippen LogP contribution in [0.3, 0.4) is 0 Å². The fraction of sp³-hybridized carbons (Fsp3) is 0.333. The molecule has 1 saturated heterocycles. The number of carbonyl (C=O) groups is 1. The molecule has 0 radical (unpaired) electrons. The first kappa shape index (κ1) is 18.2. The number of nitrogens with one attached hydrogen (secondary N) is 1. The number of piperazine rings is 1. The van der Waals surface area contributed by atoms with Crippen LogP contribution in [0.15, 0.2) is 48.8 Å². The summed E-state index contributed by atoms with van der Waals surface area (Å²) in [4.78, 5) is 18.9. The van der Waals surface area contributed by atoms with Crippen LogP contribution in [0, 0.1) is 0 Å². The predicted molar refractivity (Wildman–Crippen MR) is 95.5 cm³/mol. The van der Waals surface area contributed by atoms with Crippen molar-refractivity contribution in [2.75, 3.05) is 26.7 Å². The molecule has 1 aromatic carbocycles. The second kappa shape index (κ2) is 8.66. The molecule has 5 nitrogen and oxygen atoms in total. The number of hydrogen-bond acceptors (Lipinski definition) is 4. The second-order valence-electron chi connectivity index (χ2n) is 5.62. The summed E-state index contributed by atoms with van der Waals surface area (Å²) in [5.74, 6) is 0.946. The number of nitrogens with zero attached hydrogens (tertiary/aromatic N) is 2. The van der Waals surface area contributed by atoms with Gasteiger partial charge in [0.15, 0.2) is 0 Å². The van der Waals surface area contributed by atoms with Gasteiger partial charge in [0.25, 0.3) is 0 Å². The summed E-state index contributed by atoms with van der Waals surface area (Å²) in [6.45, 7) is 2.31. The molecule has 24 heavy (non-hydrogen) atoms. The minimum atomic E-state index is 0. The monoisotopic (exact) mass is 347 g/mol. The number of aromatic nitrogens is 1. The topological polar surface area (TPSA) is 54.5 Å². The molecule has 3 rings (SSSR count). The van der Waals surface area contributed by atoms with Crippen LogP contribution in [-0.4, -0.2) is 42.5 Å². The van der Waals surface area contributed by atoms with Crippen LogP contribution >= 0.6 is 12.4 Å². The van der Waals surface area contributed by atoms with Crippen molar-refractivity contribution < 1.29 is 9.53 Å². The number of amides is 1. The molecule has 1 fully saturated rings. The maximum Gasteiger partial charge on any atom is 0.227 e. The Morgan fingerprint density at radius 2 is 2.12 bits per heavy atom. The van der Waals surface area contributed by atoms with Crippen molar-refractivity contribution in [1.82, 2.24) is 15.2 Å². The van der Waals surface area contributed by atoms with E-state index in [1.807, 2.05) is 47.5 Å². The Kier molecular flexibility index (Phi) is 6.58. The molecule has 0 aliphatic carbocycles. The van der Waals surface area contributed by atoms with E-state index in [2.05, 4.69) is 10.3 Å². The third-order valence-corrected chi connectivity index (χ3v) is 4.15. The smallest absolute Gasteiger partial charge is 0.227 e. The van der Waals surface area contributed by atoms with Gasteiger partial charge in [0, 0.05) is 32.0 Å². The molecule has 1 N–H and O–H groups in total. The van der Waals surface area contributed by atoms with Crippen LogP contribution < -0.4 is 10.1 Å². The highest BCUT2D eigenvalue weighted by atomic mass is 35.5. The van der Waals surface area contributed by atoms with E-state index >= 15 is 0 Å². The first-order valence-electron chi connectivity index (χ1n) is 7.81. The van der Waals surface area contributed by atoms with E-state index in [-0.39, 0.29) is 24.4 Å². The van der Waals surface area contributed by atoms with Crippen LogP contribution in [0.4, 0.5) is 0 Å². The molecule has 0 saturated carbocycles. The van der Waals surface area contributed by atoms with Crippen LogP contribution in [0.25, 0.3) is 0 Å². The lowest BCUT2D eigenvalue weighted by Crippen LogP contribution is -2.49. The van der Waals surface area contributed by atoms with Gasteiger partial charge in [-0.2, -0.15) is 0 Å². The molecule has 2 aromatic rings. The summed E-state index contributed by atoms with van der Waals surface area (Å²) >= 11 is 0. The molecule has 0 bridgehead atoms. The number of rotatable bonds is 4. The van der Waals surface area contributed by atoms with E-state index in [1.54, 1.807) is 13.3 Å². The minimum Gasteiger partial charge on any atom is -0.497 e. The molecule has 1 amide bonds. The van der Waals surface area contributed by atoms with Gasteiger partial charge in [-0.15, -0.1) is 12.4 Å². The average Bonchev–Trinajstić information content (AvgIpc) is 2.63. The Bertz CT molecular complexity index is 649. The first-order valence-corrected chi connectivity index (χ1v) is 7.81. The third-order valence-electron chi connectivity index (χ3n) is 4.15. The van der Waals surface area contributed by atoms with Gasteiger partial charge in [0.05, 0.1) is 19.6 Å². The quantitative estimate of drug-likeness (QED) is 0.921. The summed E-state index contributed by atoms with van der Waals surface area (Å²) in [7, 11) is 1.64. The number of methoxy groups -OCH3 is 1. The Morgan fingerprint density at radius 3 is 2.79 bits per heavy atom. The molecule has 1 aliphatic heterocycles. The number of carbonyl (C=O) groups excluding carboxylic acids is 1. The van der Waals surface area contributed by atoms with Gasteiger partial charge in [0.1, 0.15) is 5.75 Å². The summed E-state index contributed by atoms with van der Waals surface area (Å²) in [6.07, 6.45) is 4.00. The van der Waals surface area contributed by atoms with Gasteiger partial charge < -0.3 is 15.0 Å². The average molecular weight is 348 g/mol. The number of pyridine rings is 1. The highest BCUT2D eigenvalue weighted by Crippen LogP contribution is 2.22. The zero-order valence-corrected chi connectivity index (χ0v) is 14.5. The fourth-order valence-corrected chi connectivity index (χ4v) is 2.89. The second-order valence-corrected chi connectivity index (χ2v) is 5.62. The van der Waals surface area contributed by atoms with E-state index < -0.39 is 0 Å². The molecular formula is C18H22ClN3O2. The van der Waals surface area contributed by atoms with E-state index in [0.29, 0.717) is 13.0 Å². The van der Waals surface area contributed by atoms with Crippen molar-refractivity contribution in [3.05, 3.63) is 59.9 Å². The largest absolute Gasteiger partial charge is 0.497 e. The van der Waals surface area contributed by atoms with Crippen LogP contribution in [0.5, 0.6) is 5.75 Å². The Morgan fingerprint density at radius 1 is 1.33 bits per heavy atom. The van der Waals surface area contributed by atoms with Crippen molar-refractivity contribution in [1.29, 1.82) is 0 Å². The lowest BCUT2D eigenvalue weighted by Gasteiger charge is -2.36. The Balaban J connectivity index is 0.00000208. The van der Waals surface area contributed by atoms with Crippen LogP contribution in [-0.2, 0) is 11.2 Å². The zero-order valence-electron chi connectivity index (χ0n) is 13.6. The molecule has 1 atom stereocenters. The number of benzene rings is 1. The van der Waals surface area contributed by atoms with Crippen molar-refractivity contribution in [3.8, 4) is 5.75 Å². The summed E-state index contributed by atoms with van der Waals surface area (Å²) < 4.78 is 5.15. The maximum atomic E-state index is 12.8. The van der Waals surface area contributed by atoms with Gasteiger partial charge in [0.2, 0.25) is 5.91 Å². The third kappa shape index (κ3) is 4.24. The van der Waals surface area contributed by atoms with Gasteiger partial charge >= 0.3 is 0 Å². The normalized spacial score (nSPS) is 17.0. The molecule has 128 valence electrons. The summed E-state index contributed by atoms with van der Waals surface area (Å²) in [5, 5.41) is 3.36. The van der Waals surface area contributed by atoms with Gasteiger partial charge in [-0.1, -0.05) is 18.2 Å². The zero-order chi connectivity index (χ0) is 16.1. The van der Waals surface area contributed by atoms with Crippen molar-refractivity contribution in [2.45, 2.75) is 12.5 Å². The molecule has 1 aromatic heterocycles. The highest BCUT2D eigenvalue weighted by Gasteiger charge is 2.27. The first-order chi connectivity index (χ1) is 11.3. The molecule has 6 heteroatoms. The standard InChI is InChI=1S/C18H21N3O2.ClH/c1-23-16-6-4-14(5-7-16)11-18(22)21-10-9-20-13-17(21)15-3-2-8-19-12-15;/h2-8,12,17,20H,9-11,13H2,1H3;1H. The van der Waals surface area contributed by atoms with E-state index in [4.69, 9.17) is 4.74 Å². The number of hydrogen-bond donors (Lipinski definition) is 1. The fourth-order valence-electron chi connectivity index (χ4n) is 2.89. The molecule has 0 spiro atoms. The predicted octanol–water partition coefficient (Wildman–Crippen LogP) is 2.23. The summed E-state index contributed by atoms with van der Waals surface area (Å²) in [5.41, 5.74) is 2.07. The maximum absolute atomic E-state index is 12.8. The Hall–Kier alpha value is -2.11. The molecule has 1 aliphatic rings. The van der Waals surface area contributed by atoms with Gasteiger partial charge in [-0.25, -0.2) is 0 Å². The summed E-state index contributed by atoms with van der Waals surface area (Å²) in [6, 6.07) is 11.6. The van der Waals surface area contributed by atoms with Crippen molar-refractivity contribution >= 4 is 18.3 Å². The Labute approximate surface area is 148 Å². The van der Waals surface area contributed by atoms with E-state index in [0.717, 1.165) is 30.0 Å². The SMILES string of the molecule is COc1ccc(CC(=O)N2CCNCC2c2cccnc2)cc1.Cl. The van der Waals surface area contributed by atoms with E-state index in [1.165, 1.54) is 0 Å². The number of ether oxygens (including phenoxy) is 1. The van der Waals surface area contributed by atoms with Crippen LogP contribution in [0.1, 0.15) is 17.2 Å².